The van der Waals surface area contributed by atoms with Gasteiger partial charge in [0.1, 0.15) is 0 Å². The van der Waals surface area contributed by atoms with E-state index in [4.69, 9.17) is 0 Å². The van der Waals surface area contributed by atoms with Crippen molar-refractivity contribution in [3.63, 3.8) is 0 Å². The highest BCUT2D eigenvalue weighted by Gasteiger charge is 2.08. The van der Waals surface area contributed by atoms with E-state index >= 15 is 0 Å². The Kier molecular flexibility index (Phi) is 4.19. The molecule has 0 atom stereocenters. The number of hydrogen-bond donors (Lipinski definition) is 1. The molecule has 1 rings (SSSR count). The lowest BCUT2D eigenvalue weighted by Gasteiger charge is -2.19. The molecular weight excluding hydrogens is 210 g/mol. The Morgan fingerprint density at radius 1 is 1.69 bits per heavy atom. The highest BCUT2D eigenvalue weighted by Crippen LogP contribution is 2.03. The van der Waals surface area contributed by atoms with Gasteiger partial charge in [0.15, 0.2) is 5.82 Å². The van der Waals surface area contributed by atoms with Crippen LogP contribution in [0.5, 0.6) is 0 Å². The van der Waals surface area contributed by atoms with Crippen LogP contribution in [0.4, 0.5) is 0 Å². The summed E-state index contributed by atoms with van der Waals surface area (Å²) in [6, 6.07) is 0. The van der Waals surface area contributed by atoms with Gasteiger partial charge < -0.3 is 10.2 Å². The molecule has 0 amide bonds. The smallest absolute Gasteiger partial charge is 0.274 e. The Morgan fingerprint density at radius 2 is 2.44 bits per heavy atom. The SMILES string of the molecule is CN/C(=C\[N+](=O)[O-])N(C)Cc1cnccn1. The Hall–Kier alpha value is -2.18. The summed E-state index contributed by atoms with van der Waals surface area (Å²) in [5, 5.41) is 13.1. The number of nitrogens with one attached hydrogen (secondary N) is 1. The lowest BCUT2D eigenvalue weighted by atomic mass is 10.4. The fraction of sp³-hybridized carbons (Fsp3) is 0.333. The summed E-state index contributed by atoms with van der Waals surface area (Å²) < 4.78 is 0. The van der Waals surface area contributed by atoms with Crippen LogP contribution in [-0.4, -0.2) is 33.9 Å². The topological polar surface area (TPSA) is 84.2 Å². The molecule has 1 aromatic rings. The van der Waals surface area contributed by atoms with Gasteiger partial charge in [0.25, 0.3) is 6.20 Å². The molecule has 0 bridgehead atoms. The monoisotopic (exact) mass is 223 g/mol. The zero-order valence-electron chi connectivity index (χ0n) is 9.12. The van der Waals surface area contributed by atoms with Crippen molar-refractivity contribution in [2.75, 3.05) is 14.1 Å². The van der Waals surface area contributed by atoms with E-state index in [1.54, 1.807) is 37.6 Å². The molecule has 0 unspecified atom stereocenters. The second kappa shape index (κ2) is 5.64. The molecule has 0 aliphatic rings. The third-order valence-corrected chi connectivity index (χ3v) is 1.91. The first kappa shape index (κ1) is 11.9. The van der Waals surface area contributed by atoms with Gasteiger partial charge in [-0.15, -0.1) is 0 Å². The molecule has 0 fully saturated rings. The van der Waals surface area contributed by atoms with E-state index in [1.165, 1.54) is 0 Å². The van der Waals surface area contributed by atoms with Gasteiger partial charge in [-0.25, -0.2) is 0 Å². The summed E-state index contributed by atoms with van der Waals surface area (Å²) in [5.74, 6) is 0.413. The zero-order valence-corrected chi connectivity index (χ0v) is 9.12. The molecule has 0 aliphatic heterocycles. The first-order valence-electron chi connectivity index (χ1n) is 4.62. The molecule has 0 aromatic carbocycles. The maximum Gasteiger partial charge on any atom is 0.274 e. The second-order valence-corrected chi connectivity index (χ2v) is 3.10. The zero-order chi connectivity index (χ0) is 12.0. The lowest BCUT2D eigenvalue weighted by molar-refractivity contribution is -0.404. The molecule has 0 aliphatic carbocycles. The normalized spacial score (nSPS) is 11.0. The summed E-state index contributed by atoms with van der Waals surface area (Å²) in [6.45, 7) is 0.453. The summed E-state index contributed by atoms with van der Waals surface area (Å²) in [5.41, 5.74) is 0.745. The third kappa shape index (κ3) is 3.52. The van der Waals surface area contributed by atoms with Crippen molar-refractivity contribution >= 4 is 0 Å². The second-order valence-electron chi connectivity index (χ2n) is 3.10. The van der Waals surface area contributed by atoms with Gasteiger partial charge in [-0.2, -0.15) is 0 Å². The van der Waals surface area contributed by atoms with E-state index in [0.717, 1.165) is 11.9 Å². The van der Waals surface area contributed by atoms with E-state index in [-0.39, 0.29) is 0 Å². The number of nitrogens with zero attached hydrogens (tertiary/aromatic N) is 4. The number of nitro groups is 1. The van der Waals surface area contributed by atoms with Crippen LogP contribution in [0.3, 0.4) is 0 Å². The van der Waals surface area contributed by atoms with Crippen molar-refractivity contribution in [2.24, 2.45) is 0 Å². The van der Waals surface area contributed by atoms with Gasteiger partial charge in [0.05, 0.1) is 23.4 Å². The number of rotatable bonds is 5. The minimum absolute atomic E-state index is 0.413. The highest BCUT2D eigenvalue weighted by atomic mass is 16.6. The summed E-state index contributed by atoms with van der Waals surface area (Å²) >= 11 is 0. The van der Waals surface area contributed by atoms with Gasteiger partial charge in [0, 0.05) is 26.5 Å². The number of aromatic nitrogens is 2. The van der Waals surface area contributed by atoms with Crippen molar-refractivity contribution in [2.45, 2.75) is 6.54 Å². The molecule has 1 aromatic heterocycles. The van der Waals surface area contributed by atoms with Crippen LogP contribution in [0.1, 0.15) is 5.69 Å². The fourth-order valence-electron chi connectivity index (χ4n) is 1.19. The maximum atomic E-state index is 10.4. The molecule has 16 heavy (non-hydrogen) atoms. The van der Waals surface area contributed by atoms with Gasteiger partial charge in [-0.3, -0.25) is 20.1 Å². The van der Waals surface area contributed by atoms with Crippen LogP contribution in [0.2, 0.25) is 0 Å². The quantitative estimate of drug-likeness (QED) is 0.567. The summed E-state index contributed by atoms with van der Waals surface area (Å²) in [7, 11) is 3.36. The Balaban J connectivity index is 2.70. The average Bonchev–Trinajstić information content (AvgIpc) is 2.26. The van der Waals surface area contributed by atoms with Crippen molar-refractivity contribution in [1.82, 2.24) is 20.2 Å². The summed E-state index contributed by atoms with van der Waals surface area (Å²) in [4.78, 5) is 19.6. The van der Waals surface area contributed by atoms with Gasteiger partial charge in [-0.1, -0.05) is 0 Å². The van der Waals surface area contributed by atoms with Crippen molar-refractivity contribution in [1.29, 1.82) is 0 Å². The lowest BCUT2D eigenvalue weighted by Crippen LogP contribution is -2.27. The summed E-state index contributed by atoms with van der Waals surface area (Å²) in [6.07, 6.45) is 5.70. The first-order valence-corrected chi connectivity index (χ1v) is 4.62. The first-order chi connectivity index (χ1) is 7.63. The van der Waals surface area contributed by atoms with Crippen LogP contribution in [0.25, 0.3) is 0 Å². The van der Waals surface area contributed by atoms with E-state index in [0.29, 0.717) is 12.4 Å². The van der Waals surface area contributed by atoms with Crippen LogP contribution < -0.4 is 5.32 Å². The van der Waals surface area contributed by atoms with E-state index < -0.39 is 4.92 Å². The standard InChI is InChI=1S/C9H13N5O2/c1-10-9(7-14(15)16)13(2)6-8-5-11-3-4-12-8/h3-5,7,10H,6H2,1-2H3/b9-7+. The Labute approximate surface area is 93.0 Å². The molecule has 0 radical (unpaired) electrons. The Morgan fingerprint density at radius 3 is 2.94 bits per heavy atom. The van der Waals surface area contributed by atoms with Crippen molar-refractivity contribution < 1.29 is 4.92 Å². The van der Waals surface area contributed by atoms with Gasteiger partial charge in [-0.05, 0) is 0 Å². The molecule has 86 valence electrons. The van der Waals surface area contributed by atoms with Crippen LogP contribution >= 0.6 is 0 Å². The van der Waals surface area contributed by atoms with E-state index in [1.807, 2.05) is 0 Å². The van der Waals surface area contributed by atoms with E-state index in [2.05, 4.69) is 15.3 Å². The minimum atomic E-state index is -0.501. The largest absolute Gasteiger partial charge is 0.370 e. The van der Waals surface area contributed by atoms with E-state index in [9.17, 15) is 10.1 Å². The molecule has 7 heteroatoms. The fourth-order valence-corrected chi connectivity index (χ4v) is 1.19. The highest BCUT2D eigenvalue weighted by molar-refractivity contribution is 4.99. The molecule has 0 spiro atoms. The predicted octanol–water partition coefficient (Wildman–Crippen LogP) is 0.203. The molecule has 0 saturated heterocycles. The van der Waals surface area contributed by atoms with Crippen LogP contribution in [-0.2, 0) is 6.54 Å². The van der Waals surface area contributed by atoms with Crippen molar-refractivity contribution in [3.8, 4) is 0 Å². The Bertz CT molecular complexity index is 379. The molecule has 1 heterocycles. The third-order valence-electron chi connectivity index (χ3n) is 1.91. The maximum absolute atomic E-state index is 10.4. The van der Waals surface area contributed by atoms with Crippen LogP contribution in [0, 0.1) is 10.1 Å². The molecule has 7 nitrogen and oxygen atoms in total. The molecule has 1 N–H and O–H groups in total. The van der Waals surface area contributed by atoms with Crippen molar-refractivity contribution in [3.05, 3.63) is 46.4 Å². The minimum Gasteiger partial charge on any atom is -0.370 e. The molecule has 0 saturated carbocycles. The van der Waals surface area contributed by atoms with Gasteiger partial charge >= 0.3 is 0 Å². The predicted molar refractivity (Wildman–Crippen MR) is 57.6 cm³/mol. The van der Waals surface area contributed by atoms with Crippen LogP contribution in [0.15, 0.2) is 30.6 Å². The van der Waals surface area contributed by atoms with Gasteiger partial charge in [0.2, 0.25) is 0 Å². The average molecular weight is 223 g/mol. The molecular formula is C9H13N5O2. The number of hydrogen-bond acceptors (Lipinski definition) is 6.